The van der Waals surface area contributed by atoms with Crippen molar-refractivity contribution in [3.05, 3.63) is 18.2 Å². The predicted molar refractivity (Wildman–Crippen MR) is 194 cm³/mol. The van der Waals surface area contributed by atoms with Crippen molar-refractivity contribution in [3.8, 4) is 11.5 Å². The minimum Gasteiger partial charge on any atom is -0.465 e. The highest BCUT2D eigenvalue weighted by Crippen LogP contribution is 2.34. The van der Waals surface area contributed by atoms with Crippen molar-refractivity contribution >= 4 is 40.0 Å². The molecule has 2 atom stereocenters. The van der Waals surface area contributed by atoms with Gasteiger partial charge in [-0.15, -0.1) is 0 Å². The van der Waals surface area contributed by atoms with E-state index in [-0.39, 0.29) is 42.0 Å². The maximum absolute atomic E-state index is 13.5. The van der Waals surface area contributed by atoms with Gasteiger partial charge in [-0.05, 0) is 103 Å². The zero-order valence-electron chi connectivity index (χ0n) is 31.6. The van der Waals surface area contributed by atoms with Crippen molar-refractivity contribution in [3.63, 3.8) is 0 Å². The molecule has 2 fully saturated rings. The molecule has 3 aliphatic heterocycles. The van der Waals surface area contributed by atoms with Gasteiger partial charge in [0.05, 0.1) is 18.0 Å². The largest absolute Gasteiger partial charge is 0.465 e. The number of hydrogen-bond acceptors (Lipinski definition) is 11. The molecular formula is C36H55N5O12S. The Morgan fingerprint density at radius 2 is 1.50 bits per heavy atom. The first-order valence-corrected chi connectivity index (χ1v) is 20.1. The van der Waals surface area contributed by atoms with Gasteiger partial charge in [-0.25, -0.2) is 18.0 Å². The molecule has 0 radical (unpaired) electrons. The number of carboxylic acid groups (broad SMARTS) is 1. The van der Waals surface area contributed by atoms with E-state index in [0.717, 1.165) is 25.7 Å². The van der Waals surface area contributed by atoms with Crippen molar-refractivity contribution in [1.29, 1.82) is 0 Å². The number of piperidine rings is 2. The molecule has 17 nitrogen and oxygen atoms in total. The fraction of sp³-hybridized carbons (Fsp3) is 0.694. The summed E-state index contributed by atoms with van der Waals surface area (Å²) in [6, 6.07) is 2.55. The first-order chi connectivity index (χ1) is 25.5. The van der Waals surface area contributed by atoms with Crippen LogP contribution in [0.3, 0.4) is 0 Å². The van der Waals surface area contributed by atoms with Crippen LogP contribution in [0.5, 0.6) is 11.5 Å². The molecule has 0 bridgehead atoms. The second kappa shape index (κ2) is 19.3. The summed E-state index contributed by atoms with van der Waals surface area (Å²) >= 11 is 0. The Kier molecular flexibility index (Phi) is 15.2. The Balaban J connectivity index is 1.31. The highest BCUT2D eigenvalue weighted by Gasteiger charge is 2.31. The summed E-state index contributed by atoms with van der Waals surface area (Å²) in [6.07, 6.45) is 4.36. The van der Waals surface area contributed by atoms with Gasteiger partial charge in [0, 0.05) is 44.7 Å². The molecule has 4 rings (SSSR count). The van der Waals surface area contributed by atoms with Crippen LogP contribution in [-0.2, 0) is 33.9 Å². The van der Waals surface area contributed by atoms with Gasteiger partial charge in [-0.2, -0.15) is 4.72 Å². The molecule has 2 saturated heterocycles. The molecule has 18 heteroatoms. The molecule has 1 aromatic rings. The van der Waals surface area contributed by atoms with E-state index in [1.807, 2.05) is 20.8 Å². The molecular weight excluding hydrogens is 726 g/mol. The lowest BCUT2D eigenvalue weighted by atomic mass is 9.84. The molecule has 0 spiro atoms. The lowest BCUT2D eigenvalue weighted by Gasteiger charge is -2.34. The van der Waals surface area contributed by atoms with E-state index in [9.17, 15) is 37.5 Å². The van der Waals surface area contributed by atoms with Crippen LogP contribution < -0.4 is 24.8 Å². The number of carbonyl (C=O) groups is 5. The highest BCUT2D eigenvalue weighted by molar-refractivity contribution is 7.89. The number of amides is 4. The summed E-state index contributed by atoms with van der Waals surface area (Å²) in [5.74, 6) is -1.02. The minimum atomic E-state index is -4.25. The molecule has 1 unspecified atom stereocenters. The fourth-order valence-corrected chi connectivity index (χ4v) is 7.93. The monoisotopic (exact) mass is 781 g/mol. The van der Waals surface area contributed by atoms with E-state index in [4.69, 9.17) is 18.9 Å². The molecule has 3 heterocycles. The van der Waals surface area contributed by atoms with Gasteiger partial charge < -0.3 is 44.5 Å². The van der Waals surface area contributed by atoms with Crippen LogP contribution in [0, 0.1) is 17.8 Å². The van der Waals surface area contributed by atoms with E-state index in [0.29, 0.717) is 63.5 Å². The van der Waals surface area contributed by atoms with E-state index >= 15 is 0 Å². The third kappa shape index (κ3) is 12.9. The Morgan fingerprint density at radius 3 is 2.07 bits per heavy atom. The van der Waals surface area contributed by atoms with Crippen LogP contribution in [0.4, 0.5) is 9.59 Å². The van der Waals surface area contributed by atoms with Crippen LogP contribution >= 0.6 is 0 Å². The number of benzene rings is 1. The third-order valence-corrected chi connectivity index (χ3v) is 11.3. The summed E-state index contributed by atoms with van der Waals surface area (Å²) in [6.45, 7) is 8.19. The van der Waals surface area contributed by atoms with E-state index in [2.05, 4.69) is 15.4 Å². The maximum Gasteiger partial charge on any atom is 0.410 e. The molecule has 3 aliphatic rings. The molecule has 4 N–H and O–H groups in total. The molecule has 302 valence electrons. The number of esters is 1. The average molecular weight is 782 g/mol. The normalized spacial score (nSPS) is 17.7. The second-order valence-corrected chi connectivity index (χ2v) is 16.7. The molecule has 54 heavy (non-hydrogen) atoms. The molecule has 0 saturated carbocycles. The van der Waals surface area contributed by atoms with Gasteiger partial charge in [0.15, 0.2) is 11.5 Å². The summed E-state index contributed by atoms with van der Waals surface area (Å²) in [7, 11) is -4.25. The van der Waals surface area contributed by atoms with Crippen LogP contribution in [0.15, 0.2) is 23.1 Å². The van der Waals surface area contributed by atoms with Crippen molar-refractivity contribution in [2.24, 2.45) is 17.8 Å². The van der Waals surface area contributed by atoms with Gasteiger partial charge in [-0.1, -0.05) is 0 Å². The van der Waals surface area contributed by atoms with Gasteiger partial charge >= 0.3 is 18.2 Å². The van der Waals surface area contributed by atoms with E-state index in [1.54, 1.807) is 11.8 Å². The first-order valence-electron chi connectivity index (χ1n) is 18.6. The Bertz CT molecular complexity index is 1580. The molecule has 1 aromatic carbocycles. The van der Waals surface area contributed by atoms with Gasteiger partial charge in [0.2, 0.25) is 28.6 Å². The standard InChI is InChI=1S/C36H55N5O12S/c1-5-50-33(44)28(39-54(48,49)27-10-11-29-30(20-27)52-23-51-29)21-37-31(42)22-38-32(43)26(8-6-24-12-16-40(17-13-24)34(45)46)9-7-25-14-18-41(19-15-25)35(47)53-36(2,3)4/h10-11,20,24-26,28,39H,5-9,12-19,21-23H2,1-4H3,(H,37,42)(H,38,43)(H,45,46)/t26?,28-/m0/s1. The highest BCUT2D eigenvalue weighted by atomic mass is 32.2. The third-order valence-electron chi connectivity index (χ3n) is 9.82. The number of ether oxygens (including phenoxy) is 4. The lowest BCUT2D eigenvalue weighted by Crippen LogP contribution is -2.50. The minimum absolute atomic E-state index is 0.0198. The summed E-state index contributed by atoms with van der Waals surface area (Å²) in [4.78, 5) is 65.9. The Hall–Kier alpha value is -4.32. The van der Waals surface area contributed by atoms with Gasteiger partial charge in [-0.3, -0.25) is 14.4 Å². The van der Waals surface area contributed by atoms with Crippen LogP contribution in [-0.4, -0.2) is 118 Å². The van der Waals surface area contributed by atoms with Crippen molar-refractivity contribution in [2.75, 3.05) is 52.7 Å². The maximum atomic E-state index is 13.5. The predicted octanol–water partition coefficient (Wildman–Crippen LogP) is 3.07. The number of sulfonamides is 1. The number of fused-ring (bicyclic) bond motifs is 1. The quantitative estimate of drug-likeness (QED) is 0.178. The van der Waals surface area contributed by atoms with Crippen LogP contribution in [0.1, 0.15) is 79.1 Å². The van der Waals surface area contributed by atoms with Gasteiger partial charge in [0.1, 0.15) is 11.6 Å². The van der Waals surface area contributed by atoms with E-state index < -0.39 is 58.6 Å². The number of carbonyl (C=O) groups excluding carboxylic acids is 4. The van der Waals surface area contributed by atoms with Gasteiger partial charge in [0.25, 0.3) is 0 Å². The number of rotatable bonds is 16. The number of nitrogens with zero attached hydrogens (tertiary/aromatic N) is 2. The molecule has 0 aliphatic carbocycles. The smallest absolute Gasteiger partial charge is 0.410 e. The van der Waals surface area contributed by atoms with Crippen molar-refractivity contribution in [2.45, 2.75) is 95.6 Å². The van der Waals surface area contributed by atoms with Crippen LogP contribution in [0.25, 0.3) is 0 Å². The molecule has 0 aromatic heterocycles. The fourth-order valence-electron chi connectivity index (χ4n) is 6.73. The first kappa shape index (κ1) is 42.4. The number of likely N-dealkylation sites (tertiary alicyclic amines) is 2. The van der Waals surface area contributed by atoms with Crippen molar-refractivity contribution in [1.82, 2.24) is 25.2 Å². The SMILES string of the molecule is CCOC(=O)[C@H](CNC(=O)CNC(=O)C(CCC1CCN(C(=O)O)CC1)CCC1CCN(C(=O)OC(C)(C)C)CC1)NS(=O)(=O)c1ccc2c(c1)OCO2. The second-order valence-electron chi connectivity index (χ2n) is 14.9. The topological polar surface area (TPSA) is 219 Å². The Labute approximate surface area is 316 Å². The lowest BCUT2D eigenvalue weighted by molar-refractivity contribution is -0.145. The van der Waals surface area contributed by atoms with E-state index in [1.165, 1.54) is 23.1 Å². The zero-order chi connectivity index (χ0) is 39.5. The number of nitrogens with one attached hydrogen (secondary N) is 3. The summed E-state index contributed by atoms with van der Waals surface area (Å²) in [5.41, 5.74) is -0.579. The number of hydrogen-bond donors (Lipinski definition) is 4. The van der Waals surface area contributed by atoms with Crippen molar-refractivity contribution < 1.29 is 56.4 Å². The Morgan fingerprint density at radius 1 is 0.907 bits per heavy atom. The summed E-state index contributed by atoms with van der Waals surface area (Å²) in [5, 5.41) is 14.5. The summed E-state index contributed by atoms with van der Waals surface area (Å²) < 4.78 is 49.6. The zero-order valence-corrected chi connectivity index (χ0v) is 32.4. The van der Waals surface area contributed by atoms with Crippen LogP contribution in [0.2, 0.25) is 0 Å². The average Bonchev–Trinajstić information content (AvgIpc) is 3.60. The molecule has 4 amide bonds.